The number of carbonyl (C=O) groups is 3. The predicted octanol–water partition coefficient (Wildman–Crippen LogP) is 4.02. The van der Waals surface area contributed by atoms with E-state index in [1.807, 2.05) is 50.2 Å². The largest absolute Gasteiger partial charge is 0.480 e. The van der Waals surface area contributed by atoms with Crippen LogP contribution in [0.3, 0.4) is 0 Å². The summed E-state index contributed by atoms with van der Waals surface area (Å²) < 4.78 is 5.60. The van der Waals surface area contributed by atoms with Crippen molar-refractivity contribution in [3.05, 3.63) is 59.7 Å². The first kappa shape index (κ1) is 22.8. The number of alkyl carbamates (subject to hydrolysis) is 1. The first-order valence-corrected chi connectivity index (χ1v) is 11.5. The first-order chi connectivity index (χ1) is 15.9. The number of amides is 2. The lowest BCUT2D eigenvalue weighted by molar-refractivity contribution is -0.153. The molecule has 2 amide bonds. The molecule has 174 valence electrons. The lowest BCUT2D eigenvalue weighted by Crippen LogP contribution is -2.57. The molecule has 2 aromatic rings. The molecule has 1 fully saturated rings. The number of rotatable bonds is 6. The van der Waals surface area contributed by atoms with Gasteiger partial charge in [-0.25, -0.2) is 9.59 Å². The minimum atomic E-state index is -1.01. The number of carboxylic acids is 1. The molecule has 0 aromatic heterocycles. The van der Waals surface area contributed by atoms with E-state index >= 15 is 0 Å². The number of aliphatic carboxylic acids is 1. The van der Waals surface area contributed by atoms with Crippen molar-refractivity contribution < 1.29 is 24.2 Å². The SMILES string of the molecule is CC(C)[C@@H](NC(=O)OCC1c2ccccc2-c2ccccc21)C(=O)N1CCCC[C@H]1C(=O)O. The van der Waals surface area contributed by atoms with Crippen LogP contribution in [0, 0.1) is 5.92 Å². The highest BCUT2D eigenvalue weighted by Gasteiger charge is 2.37. The fraction of sp³-hybridized carbons (Fsp3) is 0.423. The normalized spacial score (nSPS) is 18.4. The molecule has 2 N–H and O–H groups in total. The molecule has 2 aliphatic rings. The van der Waals surface area contributed by atoms with Crippen LogP contribution in [-0.4, -0.2) is 53.2 Å². The third kappa shape index (κ3) is 4.58. The fourth-order valence-electron chi connectivity index (χ4n) is 4.91. The van der Waals surface area contributed by atoms with E-state index in [9.17, 15) is 19.5 Å². The second-order valence-corrected chi connectivity index (χ2v) is 9.07. The number of nitrogens with zero attached hydrogens (tertiary/aromatic N) is 1. The maximum Gasteiger partial charge on any atom is 0.407 e. The molecule has 0 spiro atoms. The topological polar surface area (TPSA) is 95.9 Å². The van der Waals surface area contributed by atoms with Crippen LogP contribution in [0.5, 0.6) is 0 Å². The quantitative estimate of drug-likeness (QED) is 0.693. The smallest absolute Gasteiger partial charge is 0.407 e. The molecule has 0 unspecified atom stereocenters. The Kier molecular flexibility index (Phi) is 6.67. The highest BCUT2D eigenvalue weighted by molar-refractivity contribution is 5.89. The summed E-state index contributed by atoms with van der Waals surface area (Å²) in [4.78, 5) is 38.9. The zero-order valence-electron chi connectivity index (χ0n) is 19.0. The van der Waals surface area contributed by atoms with Crippen molar-refractivity contribution in [1.29, 1.82) is 0 Å². The predicted molar refractivity (Wildman–Crippen MR) is 124 cm³/mol. The number of nitrogens with one attached hydrogen (secondary N) is 1. The van der Waals surface area contributed by atoms with Gasteiger partial charge in [-0.1, -0.05) is 62.4 Å². The highest BCUT2D eigenvalue weighted by atomic mass is 16.5. The summed E-state index contributed by atoms with van der Waals surface area (Å²) in [5, 5.41) is 12.2. The van der Waals surface area contributed by atoms with E-state index in [2.05, 4.69) is 17.4 Å². The number of hydrogen-bond donors (Lipinski definition) is 2. The standard InChI is InChI=1S/C26H30N2O5/c1-16(2)23(24(29)28-14-8-7-13-22(28)25(30)31)27-26(32)33-15-21-19-11-5-3-9-17(19)18-10-4-6-12-20(18)21/h3-6,9-12,16,21-23H,7-8,13-15H2,1-2H3,(H,27,32)(H,30,31)/t22-,23+/m0/s1. The van der Waals surface area contributed by atoms with Crippen molar-refractivity contribution in [2.75, 3.05) is 13.2 Å². The molecule has 7 heteroatoms. The lowest BCUT2D eigenvalue weighted by Gasteiger charge is -2.36. The van der Waals surface area contributed by atoms with Gasteiger partial charge in [-0.05, 0) is 47.4 Å². The Hall–Kier alpha value is -3.35. The Balaban J connectivity index is 1.44. The second kappa shape index (κ2) is 9.65. The Morgan fingerprint density at radius 2 is 1.64 bits per heavy atom. The maximum atomic E-state index is 13.2. The van der Waals surface area contributed by atoms with Gasteiger partial charge in [0.05, 0.1) is 0 Å². The summed E-state index contributed by atoms with van der Waals surface area (Å²) in [7, 11) is 0. The second-order valence-electron chi connectivity index (χ2n) is 9.07. The van der Waals surface area contributed by atoms with E-state index in [1.54, 1.807) is 0 Å². The molecule has 0 bridgehead atoms. The van der Waals surface area contributed by atoms with Gasteiger partial charge in [0, 0.05) is 12.5 Å². The third-order valence-corrected chi connectivity index (χ3v) is 6.62. The number of piperidine rings is 1. The summed E-state index contributed by atoms with van der Waals surface area (Å²) in [5.74, 6) is -1.67. The third-order valence-electron chi connectivity index (χ3n) is 6.62. The Labute approximate surface area is 193 Å². The molecule has 1 heterocycles. The first-order valence-electron chi connectivity index (χ1n) is 11.5. The van der Waals surface area contributed by atoms with Crippen molar-refractivity contribution in [3.8, 4) is 11.1 Å². The van der Waals surface area contributed by atoms with Crippen molar-refractivity contribution in [2.24, 2.45) is 5.92 Å². The minimum Gasteiger partial charge on any atom is -0.480 e. The van der Waals surface area contributed by atoms with E-state index in [0.29, 0.717) is 13.0 Å². The van der Waals surface area contributed by atoms with Crippen LogP contribution in [-0.2, 0) is 14.3 Å². The summed E-state index contributed by atoms with van der Waals surface area (Å²) in [6.45, 7) is 4.18. The highest BCUT2D eigenvalue weighted by Crippen LogP contribution is 2.44. The van der Waals surface area contributed by atoms with Gasteiger partial charge in [0.15, 0.2) is 0 Å². The lowest BCUT2D eigenvalue weighted by atomic mass is 9.97. The summed E-state index contributed by atoms with van der Waals surface area (Å²) >= 11 is 0. The minimum absolute atomic E-state index is 0.0742. The maximum absolute atomic E-state index is 13.2. The monoisotopic (exact) mass is 450 g/mol. The van der Waals surface area contributed by atoms with Crippen molar-refractivity contribution >= 4 is 18.0 Å². The Bertz CT molecular complexity index is 1000. The molecule has 1 aliphatic heterocycles. The van der Waals surface area contributed by atoms with Gasteiger partial charge < -0.3 is 20.1 Å². The Morgan fingerprint density at radius 1 is 1.03 bits per heavy atom. The Morgan fingerprint density at radius 3 is 2.21 bits per heavy atom. The number of benzene rings is 2. The number of ether oxygens (including phenoxy) is 1. The van der Waals surface area contributed by atoms with Crippen LogP contribution in [0.2, 0.25) is 0 Å². The van der Waals surface area contributed by atoms with E-state index in [-0.39, 0.29) is 24.3 Å². The van der Waals surface area contributed by atoms with Crippen LogP contribution in [0.1, 0.15) is 50.2 Å². The summed E-state index contributed by atoms with van der Waals surface area (Å²) in [6.07, 6.45) is 1.28. The van der Waals surface area contributed by atoms with E-state index in [1.165, 1.54) is 4.90 Å². The van der Waals surface area contributed by atoms with Crippen molar-refractivity contribution in [2.45, 2.75) is 51.1 Å². The molecular formula is C26H30N2O5. The molecular weight excluding hydrogens is 420 g/mol. The van der Waals surface area contributed by atoms with Gasteiger partial charge >= 0.3 is 12.1 Å². The number of hydrogen-bond acceptors (Lipinski definition) is 4. The molecule has 0 saturated carbocycles. The molecule has 4 rings (SSSR count). The van der Waals surface area contributed by atoms with E-state index in [4.69, 9.17) is 4.74 Å². The zero-order chi connectivity index (χ0) is 23.5. The molecule has 1 saturated heterocycles. The van der Waals surface area contributed by atoms with Gasteiger partial charge in [-0.3, -0.25) is 4.79 Å². The van der Waals surface area contributed by atoms with Crippen LogP contribution in [0.25, 0.3) is 11.1 Å². The van der Waals surface area contributed by atoms with Crippen LogP contribution < -0.4 is 5.32 Å². The van der Waals surface area contributed by atoms with E-state index in [0.717, 1.165) is 35.1 Å². The van der Waals surface area contributed by atoms with Gasteiger partial charge in [0.2, 0.25) is 5.91 Å². The van der Waals surface area contributed by atoms with Crippen molar-refractivity contribution in [1.82, 2.24) is 10.2 Å². The average Bonchev–Trinajstić information content (AvgIpc) is 3.14. The molecule has 7 nitrogen and oxygen atoms in total. The zero-order valence-corrected chi connectivity index (χ0v) is 19.0. The number of carbonyl (C=O) groups excluding carboxylic acids is 2. The average molecular weight is 451 g/mol. The van der Waals surface area contributed by atoms with Gasteiger partial charge in [0.1, 0.15) is 18.7 Å². The van der Waals surface area contributed by atoms with Crippen LogP contribution in [0.15, 0.2) is 48.5 Å². The van der Waals surface area contributed by atoms with E-state index < -0.39 is 24.1 Å². The summed E-state index contributed by atoms with van der Waals surface area (Å²) in [6, 6.07) is 14.5. The number of likely N-dealkylation sites (tertiary alicyclic amines) is 1. The number of fused-ring (bicyclic) bond motifs is 3. The molecule has 2 aromatic carbocycles. The summed E-state index contributed by atoms with van der Waals surface area (Å²) in [5.41, 5.74) is 4.51. The fourth-order valence-corrected chi connectivity index (χ4v) is 4.91. The van der Waals surface area contributed by atoms with Gasteiger partial charge in [-0.2, -0.15) is 0 Å². The van der Waals surface area contributed by atoms with Gasteiger partial charge in [0.25, 0.3) is 0 Å². The van der Waals surface area contributed by atoms with Crippen molar-refractivity contribution in [3.63, 3.8) is 0 Å². The number of carboxylic acid groups (broad SMARTS) is 1. The molecule has 1 aliphatic carbocycles. The van der Waals surface area contributed by atoms with Crippen LogP contribution in [0.4, 0.5) is 4.79 Å². The van der Waals surface area contributed by atoms with Crippen LogP contribution >= 0.6 is 0 Å². The molecule has 2 atom stereocenters. The molecule has 0 radical (unpaired) electrons. The molecule has 33 heavy (non-hydrogen) atoms. The van der Waals surface area contributed by atoms with Gasteiger partial charge in [-0.15, -0.1) is 0 Å².